The van der Waals surface area contributed by atoms with Gasteiger partial charge in [0.2, 0.25) is 0 Å². The second-order valence-corrected chi connectivity index (χ2v) is 5.40. The Morgan fingerprint density at radius 1 is 1.05 bits per heavy atom. The summed E-state index contributed by atoms with van der Waals surface area (Å²) in [4.78, 5) is 0. The summed E-state index contributed by atoms with van der Waals surface area (Å²) >= 11 is 9.48. The largest absolute Gasteiger partial charge is 0.207 e. The van der Waals surface area contributed by atoms with Crippen LogP contribution < -0.4 is 0 Å². The van der Waals surface area contributed by atoms with Gasteiger partial charge in [-0.15, -0.1) is 0 Å². The van der Waals surface area contributed by atoms with Crippen molar-refractivity contribution in [1.29, 1.82) is 0 Å². The second kappa shape index (κ2) is 6.49. The number of alkyl halides is 1. The van der Waals surface area contributed by atoms with Crippen LogP contribution >= 0.6 is 27.5 Å². The highest BCUT2D eigenvalue weighted by Crippen LogP contribution is 2.27. The maximum Gasteiger partial charge on any atom is 0.123 e. The van der Waals surface area contributed by atoms with Gasteiger partial charge in [0.15, 0.2) is 0 Å². The summed E-state index contributed by atoms with van der Waals surface area (Å²) < 4.78 is 26.5. The van der Waals surface area contributed by atoms with Crippen LogP contribution in [-0.4, -0.2) is 5.33 Å². The van der Waals surface area contributed by atoms with Gasteiger partial charge in [0.05, 0.1) is 0 Å². The molecule has 0 nitrogen and oxygen atoms in total. The van der Waals surface area contributed by atoms with Crippen molar-refractivity contribution in [2.24, 2.45) is 0 Å². The van der Waals surface area contributed by atoms with Gasteiger partial charge in [0.1, 0.15) is 11.6 Å². The summed E-state index contributed by atoms with van der Waals surface area (Å²) in [5.74, 6) is -0.532. The summed E-state index contributed by atoms with van der Waals surface area (Å²) in [6.45, 7) is 0. The van der Waals surface area contributed by atoms with Gasteiger partial charge in [-0.2, -0.15) is 0 Å². The molecule has 2 aromatic rings. The molecule has 0 spiro atoms. The molecular weight excluding hydrogens is 334 g/mol. The molecule has 0 aliphatic rings. The Morgan fingerprint density at radius 3 is 2.47 bits per heavy atom. The number of benzene rings is 2. The minimum Gasteiger partial charge on any atom is -0.207 e. The third-order valence-corrected chi connectivity index (χ3v) is 4.13. The molecule has 0 heterocycles. The van der Waals surface area contributed by atoms with Crippen molar-refractivity contribution >= 4 is 27.5 Å². The molecule has 2 aromatic carbocycles. The fourth-order valence-electron chi connectivity index (χ4n) is 1.99. The van der Waals surface area contributed by atoms with Crippen LogP contribution in [0.5, 0.6) is 0 Å². The van der Waals surface area contributed by atoms with Crippen LogP contribution in [-0.2, 0) is 6.42 Å². The molecule has 0 saturated carbocycles. The highest BCUT2D eigenvalue weighted by molar-refractivity contribution is 9.09. The number of halogens is 4. The smallest absolute Gasteiger partial charge is 0.123 e. The Bertz CT molecular complexity index is 572. The monoisotopic (exact) mass is 344 g/mol. The standard InChI is InChI=1S/C15H12BrClF2/c16-9-12(10-2-1-3-13(18)7-10)6-11-8-14(19)4-5-15(11)17/h1-5,7-8,12H,6,9H2. The van der Waals surface area contributed by atoms with Gasteiger partial charge in [-0.25, -0.2) is 8.78 Å². The van der Waals surface area contributed by atoms with E-state index in [4.69, 9.17) is 11.6 Å². The van der Waals surface area contributed by atoms with Gasteiger partial charge in [0, 0.05) is 10.4 Å². The van der Waals surface area contributed by atoms with Crippen molar-refractivity contribution in [2.45, 2.75) is 12.3 Å². The highest BCUT2D eigenvalue weighted by Gasteiger charge is 2.14. The van der Waals surface area contributed by atoms with E-state index in [1.807, 2.05) is 6.07 Å². The van der Waals surface area contributed by atoms with E-state index in [1.54, 1.807) is 12.1 Å². The minimum atomic E-state index is -0.313. The van der Waals surface area contributed by atoms with E-state index in [1.165, 1.54) is 24.3 Å². The maximum atomic E-state index is 13.2. The van der Waals surface area contributed by atoms with Crippen LogP contribution in [0, 0.1) is 11.6 Å². The van der Waals surface area contributed by atoms with E-state index in [0.29, 0.717) is 16.8 Å². The molecule has 0 bridgehead atoms. The quantitative estimate of drug-likeness (QED) is 0.656. The Balaban J connectivity index is 2.26. The molecule has 0 saturated heterocycles. The molecule has 0 radical (unpaired) electrons. The van der Waals surface area contributed by atoms with Gasteiger partial charge in [-0.1, -0.05) is 39.7 Å². The molecular formula is C15H12BrClF2. The first-order valence-electron chi connectivity index (χ1n) is 5.85. The highest BCUT2D eigenvalue weighted by atomic mass is 79.9. The summed E-state index contributed by atoms with van der Waals surface area (Å²) in [7, 11) is 0. The molecule has 2 rings (SSSR count). The zero-order valence-electron chi connectivity index (χ0n) is 10.0. The average molecular weight is 346 g/mol. The lowest BCUT2D eigenvalue weighted by molar-refractivity contribution is 0.617. The van der Waals surface area contributed by atoms with Gasteiger partial charge >= 0.3 is 0 Å². The average Bonchev–Trinajstić information content (AvgIpc) is 2.39. The summed E-state index contributed by atoms with van der Waals surface area (Å²) in [5, 5.41) is 1.19. The third kappa shape index (κ3) is 3.77. The number of hydrogen-bond donors (Lipinski definition) is 0. The van der Waals surface area contributed by atoms with Crippen molar-refractivity contribution in [3.05, 3.63) is 70.2 Å². The fraction of sp³-hybridized carbons (Fsp3) is 0.200. The van der Waals surface area contributed by atoms with Crippen LogP contribution in [0.25, 0.3) is 0 Å². The maximum absolute atomic E-state index is 13.2. The SMILES string of the molecule is Fc1cccc(C(CBr)Cc2cc(F)ccc2Cl)c1. The van der Waals surface area contributed by atoms with Crippen LogP contribution in [0.1, 0.15) is 17.0 Å². The predicted octanol–water partition coefficient (Wildman–Crippen LogP) is 5.34. The van der Waals surface area contributed by atoms with Crippen molar-refractivity contribution in [1.82, 2.24) is 0 Å². The van der Waals surface area contributed by atoms with E-state index in [9.17, 15) is 8.78 Å². The third-order valence-electron chi connectivity index (χ3n) is 2.98. The lowest BCUT2D eigenvalue weighted by Gasteiger charge is -2.15. The van der Waals surface area contributed by atoms with Crippen LogP contribution in [0.15, 0.2) is 42.5 Å². The van der Waals surface area contributed by atoms with Crippen LogP contribution in [0.4, 0.5) is 8.78 Å². The molecule has 4 heteroatoms. The molecule has 0 aromatic heterocycles. The van der Waals surface area contributed by atoms with Crippen molar-refractivity contribution in [3.63, 3.8) is 0 Å². The normalized spacial score (nSPS) is 12.4. The minimum absolute atomic E-state index is 0.0509. The first-order valence-corrected chi connectivity index (χ1v) is 7.35. The van der Waals surface area contributed by atoms with E-state index in [0.717, 1.165) is 11.1 Å². The molecule has 19 heavy (non-hydrogen) atoms. The molecule has 0 amide bonds. The Morgan fingerprint density at radius 2 is 1.79 bits per heavy atom. The van der Waals surface area contributed by atoms with E-state index in [-0.39, 0.29) is 17.6 Å². The Kier molecular flexibility index (Phi) is 4.94. The Hall–Kier alpha value is -0.930. The Labute approximate surface area is 124 Å². The zero-order valence-corrected chi connectivity index (χ0v) is 12.4. The number of hydrogen-bond acceptors (Lipinski definition) is 0. The van der Waals surface area contributed by atoms with Crippen molar-refractivity contribution in [3.8, 4) is 0 Å². The van der Waals surface area contributed by atoms with Crippen LogP contribution in [0.3, 0.4) is 0 Å². The number of rotatable bonds is 4. The molecule has 1 unspecified atom stereocenters. The second-order valence-electron chi connectivity index (χ2n) is 4.35. The first-order chi connectivity index (χ1) is 9.10. The first kappa shape index (κ1) is 14.5. The van der Waals surface area contributed by atoms with Gasteiger partial charge in [0.25, 0.3) is 0 Å². The molecule has 0 aliphatic carbocycles. The molecule has 0 N–H and O–H groups in total. The molecule has 100 valence electrons. The van der Waals surface area contributed by atoms with Gasteiger partial charge in [-0.3, -0.25) is 0 Å². The lowest BCUT2D eigenvalue weighted by atomic mass is 9.93. The summed E-state index contributed by atoms with van der Waals surface area (Å²) in [5.41, 5.74) is 1.60. The predicted molar refractivity (Wildman–Crippen MR) is 78.0 cm³/mol. The van der Waals surface area contributed by atoms with Crippen molar-refractivity contribution < 1.29 is 8.78 Å². The molecule has 0 aliphatic heterocycles. The zero-order chi connectivity index (χ0) is 13.8. The van der Waals surface area contributed by atoms with Crippen molar-refractivity contribution in [2.75, 3.05) is 5.33 Å². The topological polar surface area (TPSA) is 0 Å². The van der Waals surface area contributed by atoms with Gasteiger partial charge in [-0.05, 0) is 53.8 Å². The van der Waals surface area contributed by atoms with E-state index < -0.39 is 0 Å². The molecule has 0 fully saturated rings. The summed E-state index contributed by atoms with van der Waals surface area (Å²) in [6.07, 6.45) is 0.561. The van der Waals surface area contributed by atoms with Crippen LogP contribution in [0.2, 0.25) is 5.02 Å². The summed E-state index contributed by atoms with van der Waals surface area (Å²) in [6, 6.07) is 10.7. The fourth-order valence-corrected chi connectivity index (χ4v) is 2.78. The van der Waals surface area contributed by atoms with E-state index in [2.05, 4.69) is 15.9 Å². The van der Waals surface area contributed by atoms with E-state index >= 15 is 0 Å². The lowest BCUT2D eigenvalue weighted by Crippen LogP contribution is -2.05. The van der Waals surface area contributed by atoms with Gasteiger partial charge < -0.3 is 0 Å². The molecule has 1 atom stereocenters.